The summed E-state index contributed by atoms with van der Waals surface area (Å²) in [5.41, 5.74) is 1.56. The molecule has 0 radical (unpaired) electrons. The van der Waals surface area contributed by atoms with Gasteiger partial charge in [-0.25, -0.2) is 0 Å². The maximum atomic E-state index is 12.1. The number of aromatic nitrogens is 2. The SMILES string of the molecule is Cc1cc(Br)cc(C(=O)Nc2nnc(C3CC3)o2)c1. The van der Waals surface area contributed by atoms with Crippen molar-refractivity contribution in [2.75, 3.05) is 5.32 Å². The van der Waals surface area contributed by atoms with Gasteiger partial charge in [0.1, 0.15) is 0 Å². The summed E-state index contributed by atoms with van der Waals surface area (Å²) in [5, 5.41) is 10.4. The Morgan fingerprint density at radius 1 is 1.37 bits per heavy atom. The molecule has 2 aromatic rings. The highest BCUT2D eigenvalue weighted by Gasteiger charge is 2.29. The third-order valence-corrected chi connectivity index (χ3v) is 3.35. The van der Waals surface area contributed by atoms with Gasteiger partial charge in [-0.3, -0.25) is 10.1 Å². The number of hydrogen-bond donors (Lipinski definition) is 1. The van der Waals surface area contributed by atoms with Gasteiger partial charge in [-0.05, 0) is 43.5 Å². The van der Waals surface area contributed by atoms with Gasteiger partial charge in [0, 0.05) is 16.0 Å². The molecule has 1 heterocycles. The first-order chi connectivity index (χ1) is 9.11. The van der Waals surface area contributed by atoms with Gasteiger partial charge in [0.25, 0.3) is 5.91 Å². The van der Waals surface area contributed by atoms with Gasteiger partial charge in [0.2, 0.25) is 5.89 Å². The molecule has 3 rings (SSSR count). The quantitative estimate of drug-likeness (QED) is 0.942. The molecule has 1 aliphatic carbocycles. The average molecular weight is 322 g/mol. The Morgan fingerprint density at radius 3 is 2.84 bits per heavy atom. The number of anilines is 1. The van der Waals surface area contributed by atoms with Gasteiger partial charge >= 0.3 is 6.01 Å². The highest BCUT2D eigenvalue weighted by molar-refractivity contribution is 9.10. The molecule has 0 aliphatic heterocycles. The van der Waals surface area contributed by atoms with Crippen molar-refractivity contribution < 1.29 is 9.21 Å². The van der Waals surface area contributed by atoms with Crippen LogP contribution in [0.5, 0.6) is 0 Å². The monoisotopic (exact) mass is 321 g/mol. The molecule has 0 unspecified atom stereocenters. The van der Waals surface area contributed by atoms with E-state index in [1.165, 1.54) is 0 Å². The van der Waals surface area contributed by atoms with Crippen LogP contribution >= 0.6 is 15.9 Å². The summed E-state index contributed by atoms with van der Waals surface area (Å²) in [7, 11) is 0. The van der Waals surface area contributed by atoms with E-state index in [1.54, 1.807) is 12.1 Å². The van der Waals surface area contributed by atoms with E-state index in [4.69, 9.17) is 4.42 Å². The molecule has 5 nitrogen and oxygen atoms in total. The van der Waals surface area contributed by atoms with Crippen LogP contribution in [0.2, 0.25) is 0 Å². The first-order valence-corrected chi connectivity index (χ1v) is 6.83. The second kappa shape index (κ2) is 4.77. The molecule has 0 saturated heterocycles. The second-order valence-electron chi connectivity index (χ2n) is 4.69. The Kier molecular flexibility index (Phi) is 3.10. The van der Waals surface area contributed by atoms with Crippen LogP contribution < -0.4 is 5.32 Å². The number of nitrogens with zero attached hydrogens (tertiary/aromatic N) is 2. The van der Waals surface area contributed by atoms with Gasteiger partial charge in [0.05, 0.1) is 0 Å². The predicted octanol–water partition coefficient (Wildman–Crippen LogP) is 3.27. The minimum absolute atomic E-state index is 0.157. The third kappa shape index (κ3) is 2.84. The fourth-order valence-electron chi connectivity index (χ4n) is 1.82. The maximum Gasteiger partial charge on any atom is 0.322 e. The molecule has 6 heteroatoms. The van der Waals surface area contributed by atoms with Crippen molar-refractivity contribution in [2.24, 2.45) is 0 Å². The number of hydrogen-bond acceptors (Lipinski definition) is 4. The van der Waals surface area contributed by atoms with Crippen LogP contribution in [0.25, 0.3) is 0 Å². The van der Waals surface area contributed by atoms with Crippen LogP contribution in [0.4, 0.5) is 6.01 Å². The van der Waals surface area contributed by atoms with Crippen molar-refractivity contribution >= 4 is 27.9 Å². The molecule has 1 saturated carbocycles. The molecule has 98 valence electrons. The van der Waals surface area contributed by atoms with Crippen LogP contribution in [-0.4, -0.2) is 16.1 Å². The molecule has 19 heavy (non-hydrogen) atoms. The largest absolute Gasteiger partial charge is 0.408 e. The molecule has 1 fully saturated rings. The van der Waals surface area contributed by atoms with E-state index in [-0.39, 0.29) is 11.9 Å². The zero-order valence-electron chi connectivity index (χ0n) is 10.3. The number of benzene rings is 1. The number of rotatable bonds is 3. The second-order valence-corrected chi connectivity index (χ2v) is 5.61. The number of amides is 1. The minimum atomic E-state index is -0.254. The standard InChI is InChI=1S/C13H12BrN3O2/c1-7-4-9(6-10(14)5-7)11(18)15-13-17-16-12(19-13)8-2-3-8/h4-6,8H,2-3H2,1H3,(H,15,17,18). The molecular formula is C13H12BrN3O2. The average Bonchev–Trinajstić information content (AvgIpc) is 3.09. The lowest BCUT2D eigenvalue weighted by Gasteiger charge is -2.03. The summed E-state index contributed by atoms with van der Waals surface area (Å²) in [6, 6.07) is 5.65. The number of aryl methyl sites for hydroxylation is 1. The summed E-state index contributed by atoms with van der Waals surface area (Å²) >= 11 is 3.37. The van der Waals surface area contributed by atoms with Crippen molar-refractivity contribution in [1.82, 2.24) is 10.2 Å². The molecule has 0 spiro atoms. The first kappa shape index (κ1) is 12.3. The Hall–Kier alpha value is -1.69. The molecular weight excluding hydrogens is 310 g/mol. The summed E-state index contributed by atoms with van der Waals surface area (Å²) in [6.07, 6.45) is 2.17. The van der Waals surface area contributed by atoms with Gasteiger partial charge in [-0.2, -0.15) is 0 Å². The predicted molar refractivity (Wildman–Crippen MR) is 73.1 cm³/mol. The number of carbonyl (C=O) groups excluding carboxylic acids is 1. The molecule has 0 atom stereocenters. The first-order valence-electron chi connectivity index (χ1n) is 6.04. The zero-order chi connectivity index (χ0) is 13.4. The Morgan fingerprint density at radius 2 is 2.16 bits per heavy atom. The van der Waals surface area contributed by atoms with Crippen LogP contribution in [-0.2, 0) is 0 Å². The summed E-state index contributed by atoms with van der Waals surface area (Å²) in [5.74, 6) is 0.738. The minimum Gasteiger partial charge on any atom is -0.408 e. The third-order valence-electron chi connectivity index (χ3n) is 2.89. The van der Waals surface area contributed by atoms with Crippen LogP contribution in [0.1, 0.15) is 40.6 Å². The number of halogens is 1. The smallest absolute Gasteiger partial charge is 0.322 e. The van der Waals surface area contributed by atoms with Crippen molar-refractivity contribution in [1.29, 1.82) is 0 Å². The maximum absolute atomic E-state index is 12.1. The van der Waals surface area contributed by atoms with E-state index in [9.17, 15) is 4.79 Å². The fourth-order valence-corrected chi connectivity index (χ4v) is 2.42. The van der Waals surface area contributed by atoms with Crippen molar-refractivity contribution in [3.05, 3.63) is 39.7 Å². The van der Waals surface area contributed by atoms with E-state index < -0.39 is 0 Å². The van der Waals surface area contributed by atoms with Crippen molar-refractivity contribution in [2.45, 2.75) is 25.7 Å². The van der Waals surface area contributed by atoms with E-state index in [0.717, 1.165) is 22.9 Å². The Bertz CT molecular complexity index is 614. The highest BCUT2D eigenvalue weighted by Crippen LogP contribution is 2.39. The lowest BCUT2D eigenvalue weighted by atomic mass is 10.1. The molecule has 1 aromatic carbocycles. The highest BCUT2D eigenvalue weighted by atomic mass is 79.9. The molecule has 1 aromatic heterocycles. The number of nitrogens with one attached hydrogen (secondary N) is 1. The normalized spacial score (nSPS) is 14.4. The summed E-state index contributed by atoms with van der Waals surface area (Å²) in [6.45, 7) is 1.93. The van der Waals surface area contributed by atoms with Gasteiger partial charge < -0.3 is 4.42 Å². The zero-order valence-corrected chi connectivity index (χ0v) is 11.9. The topological polar surface area (TPSA) is 68.0 Å². The van der Waals surface area contributed by atoms with Gasteiger partial charge in [-0.15, -0.1) is 5.10 Å². The van der Waals surface area contributed by atoms with Crippen LogP contribution in [0.3, 0.4) is 0 Å². The molecule has 1 amide bonds. The van der Waals surface area contributed by atoms with Gasteiger partial charge in [0.15, 0.2) is 0 Å². The molecule has 0 bridgehead atoms. The van der Waals surface area contributed by atoms with E-state index in [0.29, 0.717) is 17.4 Å². The van der Waals surface area contributed by atoms with E-state index in [2.05, 4.69) is 31.4 Å². The fraction of sp³-hybridized carbons (Fsp3) is 0.308. The van der Waals surface area contributed by atoms with Crippen molar-refractivity contribution in [3.63, 3.8) is 0 Å². The van der Waals surface area contributed by atoms with Crippen molar-refractivity contribution in [3.8, 4) is 0 Å². The molecule has 1 N–H and O–H groups in total. The Balaban J connectivity index is 1.75. The lowest BCUT2D eigenvalue weighted by Crippen LogP contribution is -2.12. The number of carbonyl (C=O) groups is 1. The Labute approximate surface area is 118 Å². The summed E-state index contributed by atoms with van der Waals surface area (Å²) in [4.78, 5) is 12.1. The molecule has 1 aliphatic rings. The van der Waals surface area contributed by atoms with Gasteiger partial charge in [-0.1, -0.05) is 21.0 Å². The lowest BCUT2D eigenvalue weighted by molar-refractivity contribution is 0.102. The van der Waals surface area contributed by atoms with Crippen LogP contribution in [0.15, 0.2) is 27.1 Å². The van der Waals surface area contributed by atoms with Crippen LogP contribution in [0, 0.1) is 6.92 Å². The summed E-state index contributed by atoms with van der Waals surface area (Å²) < 4.78 is 6.26. The van der Waals surface area contributed by atoms with E-state index in [1.807, 2.05) is 13.0 Å². The van der Waals surface area contributed by atoms with E-state index >= 15 is 0 Å².